The lowest BCUT2D eigenvalue weighted by Gasteiger charge is -2.13. The Morgan fingerprint density at radius 3 is 2.71 bits per heavy atom. The minimum Gasteiger partial charge on any atom is -0.370 e. The van der Waals surface area contributed by atoms with Crippen molar-refractivity contribution in [3.8, 4) is 0 Å². The second-order valence-electron chi connectivity index (χ2n) is 4.17. The lowest BCUT2D eigenvalue weighted by molar-refractivity contribution is 0.0575. The van der Waals surface area contributed by atoms with Gasteiger partial charge in [-0.2, -0.15) is 0 Å². The molecule has 5 heteroatoms. The molecule has 1 fully saturated rings. The summed E-state index contributed by atoms with van der Waals surface area (Å²) >= 11 is 2.87. The van der Waals surface area contributed by atoms with Crippen LogP contribution in [-0.2, 0) is 4.74 Å². The molecule has 92 valence electrons. The topological polar surface area (TPSA) is 26.3 Å². The number of ether oxygens (including phenoxy) is 1. The molecule has 2 unspecified atom stereocenters. The third-order valence-electron chi connectivity index (χ3n) is 2.92. The molecule has 0 radical (unpaired) electrons. The Bertz CT molecular complexity index is 462. The summed E-state index contributed by atoms with van der Waals surface area (Å²) in [5, 5.41) is 0. The van der Waals surface area contributed by atoms with Crippen LogP contribution in [0.3, 0.4) is 0 Å². The van der Waals surface area contributed by atoms with Crippen LogP contribution in [0, 0.1) is 17.6 Å². The Labute approximate surface area is 106 Å². The fraction of sp³-hybridized carbons (Fsp3) is 0.417. The first kappa shape index (κ1) is 12.6. The third kappa shape index (κ3) is 2.40. The Kier molecular flexibility index (Phi) is 3.58. The molecule has 0 amide bonds. The molecule has 0 aliphatic carbocycles. The SMILES string of the molecule is CC1CCOC1C(=O)c1cc(F)c(Br)cc1F. The van der Waals surface area contributed by atoms with Gasteiger partial charge in [-0.1, -0.05) is 6.92 Å². The lowest BCUT2D eigenvalue weighted by Crippen LogP contribution is -2.26. The number of halogens is 3. The zero-order valence-electron chi connectivity index (χ0n) is 9.17. The van der Waals surface area contributed by atoms with Gasteiger partial charge in [0.05, 0.1) is 10.0 Å². The standard InChI is InChI=1S/C12H11BrF2O2/c1-6-2-3-17-12(6)11(16)7-4-10(15)8(13)5-9(7)14/h4-6,12H,2-3H2,1H3. The van der Waals surface area contributed by atoms with E-state index in [4.69, 9.17) is 4.74 Å². The highest BCUT2D eigenvalue weighted by molar-refractivity contribution is 9.10. The summed E-state index contributed by atoms with van der Waals surface area (Å²) in [5.41, 5.74) is -0.246. The molecule has 2 nitrogen and oxygen atoms in total. The van der Waals surface area contributed by atoms with Crippen molar-refractivity contribution in [2.75, 3.05) is 6.61 Å². The summed E-state index contributed by atoms with van der Waals surface area (Å²) in [7, 11) is 0. The predicted molar refractivity (Wildman–Crippen MR) is 61.9 cm³/mol. The summed E-state index contributed by atoms with van der Waals surface area (Å²) in [6.45, 7) is 2.35. The molecule has 0 N–H and O–H groups in total. The number of rotatable bonds is 2. The van der Waals surface area contributed by atoms with Crippen molar-refractivity contribution in [3.63, 3.8) is 0 Å². The third-order valence-corrected chi connectivity index (χ3v) is 3.53. The second kappa shape index (κ2) is 4.82. The van der Waals surface area contributed by atoms with E-state index in [1.807, 2.05) is 6.92 Å². The smallest absolute Gasteiger partial charge is 0.194 e. The van der Waals surface area contributed by atoms with Crippen molar-refractivity contribution < 1.29 is 18.3 Å². The molecule has 0 bridgehead atoms. The van der Waals surface area contributed by atoms with Crippen molar-refractivity contribution in [3.05, 3.63) is 33.8 Å². The van der Waals surface area contributed by atoms with Crippen LogP contribution < -0.4 is 0 Å². The van der Waals surface area contributed by atoms with Crippen LogP contribution >= 0.6 is 15.9 Å². The van der Waals surface area contributed by atoms with E-state index in [1.165, 1.54) is 0 Å². The quantitative estimate of drug-likeness (QED) is 0.619. The van der Waals surface area contributed by atoms with E-state index in [9.17, 15) is 13.6 Å². The molecule has 0 spiro atoms. The molecular weight excluding hydrogens is 294 g/mol. The van der Waals surface area contributed by atoms with Crippen molar-refractivity contribution in [1.29, 1.82) is 0 Å². The van der Waals surface area contributed by atoms with Gasteiger partial charge < -0.3 is 4.74 Å². The van der Waals surface area contributed by atoms with Gasteiger partial charge in [0.15, 0.2) is 5.78 Å². The Morgan fingerprint density at radius 1 is 1.41 bits per heavy atom. The van der Waals surface area contributed by atoms with Crippen molar-refractivity contribution >= 4 is 21.7 Å². The normalized spacial score (nSPS) is 24.0. The highest BCUT2D eigenvalue weighted by atomic mass is 79.9. The Morgan fingerprint density at radius 2 is 2.12 bits per heavy atom. The van der Waals surface area contributed by atoms with Crippen LogP contribution in [0.4, 0.5) is 8.78 Å². The number of carbonyl (C=O) groups is 1. The van der Waals surface area contributed by atoms with E-state index < -0.39 is 23.5 Å². The van der Waals surface area contributed by atoms with Crippen LogP contribution in [0.2, 0.25) is 0 Å². The molecule has 1 aliphatic heterocycles. The first-order valence-electron chi connectivity index (χ1n) is 5.31. The van der Waals surface area contributed by atoms with Gasteiger partial charge in [-0.25, -0.2) is 8.78 Å². The molecule has 17 heavy (non-hydrogen) atoms. The number of hydrogen-bond donors (Lipinski definition) is 0. The van der Waals surface area contributed by atoms with Crippen LogP contribution in [-0.4, -0.2) is 18.5 Å². The van der Waals surface area contributed by atoms with Gasteiger partial charge in [-0.15, -0.1) is 0 Å². The van der Waals surface area contributed by atoms with Crippen molar-refractivity contribution in [2.45, 2.75) is 19.4 Å². The Balaban J connectivity index is 2.34. The number of carbonyl (C=O) groups excluding carboxylic acids is 1. The fourth-order valence-electron chi connectivity index (χ4n) is 1.90. The minimum atomic E-state index is -0.731. The molecule has 1 saturated heterocycles. The maximum atomic E-state index is 13.6. The van der Waals surface area contributed by atoms with Crippen LogP contribution in [0.1, 0.15) is 23.7 Å². The largest absolute Gasteiger partial charge is 0.370 e. The van der Waals surface area contributed by atoms with E-state index in [0.29, 0.717) is 6.61 Å². The molecule has 0 saturated carbocycles. The molecule has 2 rings (SSSR count). The summed E-state index contributed by atoms with van der Waals surface area (Å²) in [4.78, 5) is 12.0. The average Bonchev–Trinajstić information content (AvgIpc) is 2.69. The van der Waals surface area contributed by atoms with Gasteiger partial charge in [0.25, 0.3) is 0 Å². The van der Waals surface area contributed by atoms with Gasteiger partial charge in [0.2, 0.25) is 0 Å². The van der Waals surface area contributed by atoms with Crippen LogP contribution in [0.15, 0.2) is 16.6 Å². The maximum absolute atomic E-state index is 13.6. The van der Waals surface area contributed by atoms with E-state index in [1.54, 1.807) is 0 Å². The number of hydrogen-bond acceptors (Lipinski definition) is 2. The van der Waals surface area contributed by atoms with Crippen molar-refractivity contribution in [2.24, 2.45) is 5.92 Å². The van der Waals surface area contributed by atoms with E-state index in [2.05, 4.69) is 15.9 Å². The van der Waals surface area contributed by atoms with Gasteiger partial charge in [0, 0.05) is 6.61 Å². The summed E-state index contributed by atoms with van der Waals surface area (Å²) in [5.74, 6) is -1.83. The van der Waals surface area contributed by atoms with Gasteiger partial charge >= 0.3 is 0 Å². The molecular formula is C12H11BrF2O2. The summed E-state index contributed by atoms with van der Waals surface area (Å²) in [6.07, 6.45) is 0.0990. The van der Waals surface area contributed by atoms with E-state index in [0.717, 1.165) is 18.6 Å². The van der Waals surface area contributed by atoms with Gasteiger partial charge in [0.1, 0.15) is 17.7 Å². The monoisotopic (exact) mass is 304 g/mol. The van der Waals surface area contributed by atoms with Crippen LogP contribution in [0.25, 0.3) is 0 Å². The Hall–Kier alpha value is -0.810. The highest BCUT2D eigenvalue weighted by Crippen LogP contribution is 2.26. The molecule has 1 aliphatic rings. The number of ketones is 1. The molecule has 1 heterocycles. The maximum Gasteiger partial charge on any atom is 0.194 e. The minimum absolute atomic E-state index is 0.00642. The summed E-state index contributed by atoms with van der Waals surface area (Å²) in [6, 6.07) is 1.87. The number of benzene rings is 1. The highest BCUT2D eigenvalue weighted by Gasteiger charge is 2.33. The first-order valence-corrected chi connectivity index (χ1v) is 6.10. The van der Waals surface area contributed by atoms with Crippen molar-refractivity contribution in [1.82, 2.24) is 0 Å². The summed E-state index contributed by atoms with van der Waals surface area (Å²) < 4.78 is 32.1. The molecule has 2 atom stereocenters. The molecule has 0 aromatic heterocycles. The molecule has 1 aromatic rings. The van der Waals surface area contributed by atoms with Gasteiger partial charge in [-0.3, -0.25) is 4.79 Å². The zero-order chi connectivity index (χ0) is 12.6. The van der Waals surface area contributed by atoms with E-state index in [-0.39, 0.29) is 16.0 Å². The fourth-order valence-corrected chi connectivity index (χ4v) is 2.21. The zero-order valence-corrected chi connectivity index (χ0v) is 10.8. The van der Waals surface area contributed by atoms with Crippen LogP contribution in [0.5, 0.6) is 0 Å². The number of Topliss-reactive ketones (excluding diaryl/α,β-unsaturated/α-hetero) is 1. The second-order valence-corrected chi connectivity index (χ2v) is 5.02. The van der Waals surface area contributed by atoms with Gasteiger partial charge in [-0.05, 0) is 40.4 Å². The van der Waals surface area contributed by atoms with E-state index >= 15 is 0 Å². The molecule has 1 aromatic carbocycles. The predicted octanol–water partition coefficient (Wildman–Crippen LogP) is 3.34. The lowest BCUT2D eigenvalue weighted by atomic mass is 9.96. The first-order chi connectivity index (χ1) is 8.00. The average molecular weight is 305 g/mol.